The van der Waals surface area contributed by atoms with Gasteiger partial charge >= 0.3 is 53.8 Å². The molecule has 2 heteroatoms. The molecule has 0 heterocycles. The third-order valence-corrected chi connectivity index (χ3v) is 10.1. The van der Waals surface area contributed by atoms with Gasteiger partial charge < -0.3 is 0 Å². The van der Waals surface area contributed by atoms with Gasteiger partial charge in [0.2, 0.25) is 0 Å². The molecule has 0 aliphatic rings. The zero-order valence-electron chi connectivity index (χ0n) is 7.00. The zero-order chi connectivity index (χ0) is 7.70. The Morgan fingerprint density at radius 3 is 1.11 bits per heavy atom. The summed E-state index contributed by atoms with van der Waals surface area (Å²) >= 11 is 3.99. The molecular formula is C7H18ClSn. The Morgan fingerprint density at radius 1 is 0.889 bits per heavy atom. The molecule has 9 heavy (non-hydrogen) atoms. The van der Waals surface area contributed by atoms with E-state index in [0.29, 0.717) is 0 Å². The molecule has 0 aromatic carbocycles. The Bertz CT molecular complexity index is 30.4. The van der Waals surface area contributed by atoms with E-state index in [2.05, 4.69) is 32.4 Å². The topological polar surface area (TPSA) is 0 Å². The van der Waals surface area contributed by atoms with Crippen molar-refractivity contribution in [3.05, 3.63) is 0 Å². The van der Waals surface area contributed by atoms with Crippen molar-refractivity contribution >= 4 is 31.4 Å². The molecular weight excluding hydrogens is 238 g/mol. The van der Waals surface area contributed by atoms with Crippen LogP contribution in [-0.4, -0.2) is 26.1 Å². The van der Waals surface area contributed by atoms with Gasteiger partial charge in [-0.25, -0.2) is 0 Å². The summed E-state index contributed by atoms with van der Waals surface area (Å²) in [5.41, 5.74) is 0. The molecule has 0 saturated heterocycles. The third-order valence-electron chi connectivity index (χ3n) is 1.50. The monoisotopic (exact) mass is 257 g/mol. The maximum absolute atomic E-state index is 4.64. The van der Waals surface area contributed by atoms with Gasteiger partial charge in [0.05, 0.1) is 0 Å². The van der Waals surface area contributed by atoms with Crippen LogP contribution in [0.25, 0.3) is 0 Å². The van der Waals surface area contributed by atoms with E-state index in [-0.39, 0.29) is 0 Å². The van der Waals surface area contributed by atoms with Gasteiger partial charge in [0.1, 0.15) is 0 Å². The number of hydrogen-bond donors (Lipinski definition) is 0. The molecule has 1 radical (unpaired) electrons. The van der Waals surface area contributed by atoms with Crippen molar-refractivity contribution in [3.63, 3.8) is 0 Å². The first-order valence-corrected chi connectivity index (χ1v) is 10.4. The Kier molecular flexibility index (Phi) is 16.7. The number of halogens is 1. The molecule has 0 aliphatic heterocycles. The Hall–Kier alpha value is 1.09. The van der Waals surface area contributed by atoms with E-state index in [1.807, 2.05) is 0 Å². The summed E-state index contributed by atoms with van der Waals surface area (Å²) < 4.78 is 4.65. The molecule has 0 fully saturated rings. The SMILES string of the molecule is CCl.C[CH2][Sn]([CH2]C)[CH2]C. The maximum atomic E-state index is 4.64. The van der Waals surface area contributed by atoms with E-state index in [4.69, 9.17) is 0 Å². The van der Waals surface area contributed by atoms with Gasteiger partial charge in [-0.15, -0.1) is 11.6 Å². The van der Waals surface area contributed by atoms with E-state index in [1.165, 1.54) is 6.38 Å². The number of alkyl halides is 1. The molecule has 0 amide bonds. The fourth-order valence-electron chi connectivity index (χ4n) is 0.750. The number of rotatable bonds is 3. The van der Waals surface area contributed by atoms with Gasteiger partial charge in [-0.2, -0.15) is 0 Å². The van der Waals surface area contributed by atoms with E-state index >= 15 is 0 Å². The summed E-state index contributed by atoms with van der Waals surface area (Å²) in [6.45, 7) is 7.05. The van der Waals surface area contributed by atoms with Gasteiger partial charge in [0, 0.05) is 6.38 Å². The first kappa shape index (κ1) is 12.7. The summed E-state index contributed by atoms with van der Waals surface area (Å²) in [7, 11) is 0. The van der Waals surface area contributed by atoms with Crippen molar-refractivity contribution in [1.82, 2.24) is 0 Å². The second kappa shape index (κ2) is 11.8. The van der Waals surface area contributed by atoms with Crippen molar-refractivity contribution in [2.75, 3.05) is 6.38 Å². The van der Waals surface area contributed by atoms with Crippen LogP contribution in [-0.2, 0) is 0 Å². The molecule has 0 rings (SSSR count). The molecule has 0 nitrogen and oxygen atoms in total. The van der Waals surface area contributed by atoms with Gasteiger partial charge in [0.25, 0.3) is 0 Å². The van der Waals surface area contributed by atoms with Crippen LogP contribution in [0.3, 0.4) is 0 Å². The van der Waals surface area contributed by atoms with Gasteiger partial charge in [-0.05, 0) is 0 Å². The van der Waals surface area contributed by atoms with Crippen molar-refractivity contribution in [2.45, 2.75) is 34.1 Å². The van der Waals surface area contributed by atoms with Crippen molar-refractivity contribution in [2.24, 2.45) is 0 Å². The summed E-state index contributed by atoms with van der Waals surface area (Å²) in [5.74, 6) is 0. The second-order valence-corrected chi connectivity index (χ2v) is 12.1. The van der Waals surface area contributed by atoms with Crippen molar-refractivity contribution in [1.29, 1.82) is 0 Å². The quantitative estimate of drug-likeness (QED) is 0.536. The standard InChI is InChI=1S/3C2H5.CH3Cl.Sn/c4*1-2;/h3*1H2,2H3;1H3;. The van der Waals surface area contributed by atoms with Crippen molar-refractivity contribution in [3.8, 4) is 0 Å². The van der Waals surface area contributed by atoms with E-state index in [9.17, 15) is 0 Å². The normalized spacial score (nSPS) is 8.67. The zero-order valence-corrected chi connectivity index (χ0v) is 10.6. The first-order chi connectivity index (χ1) is 4.35. The Balaban J connectivity index is 0. The first-order valence-electron chi connectivity index (χ1n) is 3.56. The molecule has 0 N–H and O–H groups in total. The van der Waals surface area contributed by atoms with Crippen LogP contribution in [0.2, 0.25) is 13.3 Å². The summed E-state index contributed by atoms with van der Waals surface area (Å²) in [6, 6.07) is 0. The Morgan fingerprint density at radius 2 is 1.11 bits per heavy atom. The molecule has 0 atom stereocenters. The predicted molar refractivity (Wildman–Crippen MR) is 49.0 cm³/mol. The fourth-order valence-corrected chi connectivity index (χ4v) is 5.03. The molecule has 0 aromatic heterocycles. The second-order valence-electron chi connectivity index (χ2n) is 1.81. The molecule has 0 spiro atoms. The van der Waals surface area contributed by atoms with Gasteiger partial charge in [-0.1, -0.05) is 0 Å². The summed E-state index contributed by atoms with van der Waals surface area (Å²) in [4.78, 5) is 0. The van der Waals surface area contributed by atoms with Crippen LogP contribution >= 0.6 is 11.6 Å². The van der Waals surface area contributed by atoms with Crippen LogP contribution in [0.1, 0.15) is 20.8 Å². The summed E-state index contributed by atoms with van der Waals surface area (Å²) in [5, 5.41) is 0. The van der Waals surface area contributed by atoms with Gasteiger partial charge in [0.15, 0.2) is 0 Å². The predicted octanol–water partition coefficient (Wildman–Crippen LogP) is 3.40. The van der Waals surface area contributed by atoms with Crippen LogP contribution in [0.5, 0.6) is 0 Å². The summed E-state index contributed by atoms with van der Waals surface area (Å²) in [6.07, 6.45) is 1.47. The third kappa shape index (κ3) is 9.09. The molecule has 57 valence electrons. The van der Waals surface area contributed by atoms with Crippen LogP contribution in [0.4, 0.5) is 0 Å². The van der Waals surface area contributed by atoms with Crippen LogP contribution < -0.4 is 0 Å². The molecule has 0 bridgehead atoms. The van der Waals surface area contributed by atoms with E-state index in [0.717, 1.165) is 0 Å². The molecule has 0 unspecified atom stereocenters. The molecule has 0 aliphatic carbocycles. The number of hydrogen-bond acceptors (Lipinski definition) is 0. The minimum absolute atomic E-state index is 0.653. The Labute approximate surface area is 71.7 Å². The van der Waals surface area contributed by atoms with E-state index < -0.39 is 19.8 Å². The van der Waals surface area contributed by atoms with Crippen molar-refractivity contribution < 1.29 is 0 Å². The minimum atomic E-state index is -0.653. The molecule has 0 saturated carbocycles. The average molecular weight is 256 g/mol. The van der Waals surface area contributed by atoms with Crippen LogP contribution in [0, 0.1) is 0 Å². The van der Waals surface area contributed by atoms with Crippen LogP contribution in [0.15, 0.2) is 0 Å². The average Bonchev–Trinajstić information content (AvgIpc) is 1.96. The van der Waals surface area contributed by atoms with E-state index in [1.54, 1.807) is 13.3 Å². The fraction of sp³-hybridized carbons (Fsp3) is 1.00. The van der Waals surface area contributed by atoms with Gasteiger partial charge in [-0.3, -0.25) is 0 Å². The molecule has 0 aromatic rings.